The van der Waals surface area contributed by atoms with Crippen molar-refractivity contribution in [1.29, 1.82) is 0 Å². The molecule has 4 heteroatoms. The molecule has 0 aliphatic rings. The highest BCUT2D eigenvalue weighted by molar-refractivity contribution is 7.13. The molecule has 0 bridgehead atoms. The second-order valence-electron chi connectivity index (χ2n) is 4.54. The zero-order valence-electron chi connectivity index (χ0n) is 11.3. The van der Waals surface area contributed by atoms with Crippen molar-refractivity contribution < 1.29 is 0 Å². The lowest BCUT2D eigenvalue weighted by molar-refractivity contribution is 0.586. The molecule has 0 radical (unpaired) electrons. The maximum atomic E-state index is 4.68. The van der Waals surface area contributed by atoms with Crippen LogP contribution in [0.25, 0.3) is 10.7 Å². The third kappa shape index (κ3) is 2.76. The van der Waals surface area contributed by atoms with Gasteiger partial charge in [-0.25, -0.2) is 4.98 Å². The van der Waals surface area contributed by atoms with E-state index in [2.05, 4.69) is 54.4 Å². The lowest BCUT2D eigenvalue weighted by atomic mass is 10.2. The van der Waals surface area contributed by atoms with Crippen LogP contribution in [0.2, 0.25) is 0 Å². The van der Waals surface area contributed by atoms with Crippen molar-refractivity contribution in [2.24, 2.45) is 0 Å². The molecule has 2 rings (SSSR count). The largest absolute Gasteiger partial charge is 0.309 e. The number of hydrogen-bond donors (Lipinski definition) is 1. The molecule has 0 aliphatic heterocycles. The molecule has 1 N–H and O–H groups in total. The van der Waals surface area contributed by atoms with E-state index in [9.17, 15) is 0 Å². The molecule has 2 heterocycles. The van der Waals surface area contributed by atoms with Gasteiger partial charge in [0.25, 0.3) is 0 Å². The Hall–Kier alpha value is -1.26. The summed E-state index contributed by atoms with van der Waals surface area (Å²) < 4.78 is 0. The van der Waals surface area contributed by atoms with E-state index in [-0.39, 0.29) is 0 Å². The highest BCUT2D eigenvalue weighted by Crippen LogP contribution is 2.27. The monoisotopic (exact) mass is 261 g/mol. The van der Waals surface area contributed by atoms with E-state index in [4.69, 9.17) is 0 Å². The van der Waals surface area contributed by atoms with Crippen molar-refractivity contribution in [3.05, 3.63) is 34.5 Å². The number of aromatic nitrogens is 2. The average Bonchev–Trinajstić information content (AvgIpc) is 2.78. The predicted octanol–water partition coefficient (Wildman–Crippen LogP) is 3.49. The average molecular weight is 261 g/mol. The number of thiazole rings is 1. The first-order valence-electron chi connectivity index (χ1n) is 6.24. The summed E-state index contributed by atoms with van der Waals surface area (Å²) in [5, 5.41) is 6.50. The van der Waals surface area contributed by atoms with E-state index < -0.39 is 0 Å². The van der Waals surface area contributed by atoms with Gasteiger partial charge in [0, 0.05) is 17.6 Å². The fraction of sp³-hybridized carbons (Fsp3) is 0.429. The molecule has 3 nitrogen and oxygen atoms in total. The van der Waals surface area contributed by atoms with Crippen LogP contribution in [-0.2, 0) is 0 Å². The number of nitrogens with one attached hydrogen (secondary N) is 1. The molecular weight excluding hydrogens is 242 g/mol. The van der Waals surface area contributed by atoms with Gasteiger partial charge in [-0.3, -0.25) is 4.98 Å². The zero-order chi connectivity index (χ0) is 13.1. The molecule has 18 heavy (non-hydrogen) atoms. The molecule has 0 aromatic carbocycles. The number of pyridine rings is 1. The third-order valence-electron chi connectivity index (χ3n) is 2.89. The van der Waals surface area contributed by atoms with Crippen LogP contribution in [0, 0.1) is 13.8 Å². The Bertz CT molecular complexity index is 534. The highest BCUT2D eigenvalue weighted by atomic mass is 32.1. The van der Waals surface area contributed by atoms with E-state index in [0.717, 1.165) is 22.9 Å². The van der Waals surface area contributed by atoms with Gasteiger partial charge in [0.15, 0.2) is 0 Å². The molecule has 96 valence electrons. The van der Waals surface area contributed by atoms with Crippen LogP contribution < -0.4 is 5.32 Å². The van der Waals surface area contributed by atoms with Crippen molar-refractivity contribution in [1.82, 2.24) is 15.3 Å². The summed E-state index contributed by atoms with van der Waals surface area (Å²) in [6.45, 7) is 9.34. The number of hydrogen-bond acceptors (Lipinski definition) is 4. The quantitative estimate of drug-likeness (QED) is 0.915. The van der Waals surface area contributed by atoms with Crippen LogP contribution in [0.3, 0.4) is 0 Å². The van der Waals surface area contributed by atoms with Gasteiger partial charge in [0.1, 0.15) is 10.7 Å². The Balaban J connectivity index is 2.29. The Labute approximate surface area is 112 Å². The molecule has 2 aromatic rings. The Kier molecular flexibility index (Phi) is 4.09. The molecule has 0 fully saturated rings. The van der Waals surface area contributed by atoms with Gasteiger partial charge < -0.3 is 5.32 Å². The molecule has 1 unspecified atom stereocenters. The van der Waals surface area contributed by atoms with Crippen molar-refractivity contribution in [2.45, 2.75) is 33.7 Å². The Morgan fingerprint density at radius 2 is 2.17 bits per heavy atom. The fourth-order valence-electron chi connectivity index (χ4n) is 1.94. The second-order valence-corrected chi connectivity index (χ2v) is 5.39. The molecule has 0 amide bonds. The summed E-state index contributed by atoms with van der Waals surface area (Å²) in [7, 11) is 0. The molecule has 2 aromatic heterocycles. The van der Waals surface area contributed by atoms with Crippen LogP contribution in [-0.4, -0.2) is 16.5 Å². The Morgan fingerprint density at radius 1 is 1.39 bits per heavy atom. The van der Waals surface area contributed by atoms with Gasteiger partial charge >= 0.3 is 0 Å². The van der Waals surface area contributed by atoms with E-state index in [1.54, 1.807) is 11.3 Å². The van der Waals surface area contributed by atoms with Crippen molar-refractivity contribution >= 4 is 11.3 Å². The summed E-state index contributed by atoms with van der Waals surface area (Å²) >= 11 is 1.66. The normalized spacial score (nSPS) is 12.7. The van der Waals surface area contributed by atoms with E-state index >= 15 is 0 Å². The van der Waals surface area contributed by atoms with Crippen molar-refractivity contribution in [3.63, 3.8) is 0 Å². The highest BCUT2D eigenvalue weighted by Gasteiger charge is 2.12. The van der Waals surface area contributed by atoms with E-state index in [1.165, 1.54) is 11.1 Å². The first-order valence-corrected chi connectivity index (χ1v) is 7.12. The first-order chi connectivity index (χ1) is 8.61. The third-order valence-corrected chi connectivity index (χ3v) is 3.76. The van der Waals surface area contributed by atoms with Gasteiger partial charge in [0.05, 0.1) is 5.69 Å². The minimum atomic E-state index is 0.297. The lowest BCUT2D eigenvalue weighted by Crippen LogP contribution is -2.17. The predicted molar refractivity (Wildman–Crippen MR) is 76.9 cm³/mol. The van der Waals surface area contributed by atoms with Crippen LogP contribution >= 0.6 is 11.3 Å². The topological polar surface area (TPSA) is 37.8 Å². The van der Waals surface area contributed by atoms with Crippen molar-refractivity contribution in [2.75, 3.05) is 6.54 Å². The smallest absolute Gasteiger partial charge is 0.142 e. The molecule has 0 aliphatic carbocycles. The zero-order valence-corrected chi connectivity index (χ0v) is 12.1. The summed E-state index contributed by atoms with van der Waals surface area (Å²) in [6, 6.07) is 2.45. The maximum Gasteiger partial charge on any atom is 0.142 e. The SMILES string of the molecule is CCNC(C)c1csc(-c2ncc(C)cc2C)n1. The first kappa shape index (κ1) is 13.2. The Morgan fingerprint density at radius 3 is 2.83 bits per heavy atom. The molecule has 0 spiro atoms. The second kappa shape index (κ2) is 5.59. The van der Waals surface area contributed by atoms with Gasteiger partial charge in [-0.15, -0.1) is 11.3 Å². The number of aryl methyl sites for hydroxylation is 2. The summed E-state index contributed by atoms with van der Waals surface area (Å²) in [4.78, 5) is 9.18. The van der Waals surface area contributed by atoms with Gasteiger partial charge in [0.2, 0.25) is 0 Å². The van der Waals surface area contributed by atoms with Crippen LogP contribution in [0.15, 0.2) is 17.6 Å². The number of rotatable bonds is 4. The van der Waals surface area contributed by atoms with Crippen LogP contribution in [0.5, 0.6) is 0 Å². The summed E-state index contributed by atoms with van der Waals surface area (Å²) in [6.07, 6.45) is 1.90. The van der Waals surface area contributed by atoms with Gasteiger partial charge in [-0.2, -0.15) is 0 Å². The minimum absolute atomic E-state index is 0.297. The number of nitrogens with zero attached hydrogens (tertiary/aromatic N) is 2. The minimum Gasteiger partial charge on any atom is -0.309 e. The van der Waals surface area contributed by atoms with Crippen LogP contribution in [0.1, 0.15) is 36.7 Å². The molecule has 1 atom stereocenters. The van der Waals surface area contributed by atoms with Gasteiger partial charge in [-0.05, 0) is 38.4 Å². The summed E-state index contributed by atoms with van der Waals surface area (Å²) in [5.41, 5.74) is 4.47. The maximum absolute atomic E-state index is 4.68. The van der Waals surface area contributed by atoms with Crippen LogP contribution in [0.4, 0.5) is 0 Å². The summed E-state index contributed by atoms with van der Waals surface area (Å²) in [5.74, 6) is 0. The fourth-order valence-corrected chi connectivity index (χ4v) is 2.92. The molecule has 0 saturated carbocycles. The van der Waals surface area contributed by atoms with E-state index in [0.29, 0.717) is 6.04 Å². The van der Waals surface area contributed by atoms with Gasteiger partial charge in [-0.1, -0.05) is 13.0 Å². The van der Waals surface area contributed by atoms with Crippen molar-refractivity contribution in [3.8, 4) is 10.7 Å². The lowest BCUT2D eigenvalue weighted by Gasteiger charge is -2.08. The molecule has 0 saturated heterocycles. The molecular formula is C14H19N3S. The standard InChI is InChI=1S/C14H19N3S/c1-5-15-11(4)12-8-18-14(17-12)13-10(3)6-9(2)7-16-13/h6-8,11,15H,5H2,1-4H3. The van der Waals surface area contributed by atoms with E-state index in [1.807, 2.05) is 6.20 Å².